The first kappa shape index (κ1) is 34.9. The Labute approximate surface area is 266 Å². The Bertz CT molecular complexity index is 1610. The molecule has 0 unspecified atom stereocenters. The molecular formula is C16H10N3Na3O10S3. The van der Waals surface area contributed by atoms with Gasteiger partial charge in [-0.1, -0.05) is 11.8 Å². The molecule has 19 heteroatoms. The maximum atomic E-state index is 12.3. The SMILES string of the molecule is Nc1c(N=Nc2ccc(S(=O)(=O)[O-])cc2)c(S(=O)(=O)O)cc2cc(S(=O)(=O)[O-])cc([O-])c12.[Na+].[Na+].[Na+]. The van der Waals surface area contributed by atoms with E-state index in [2.05, 4.69) is 10.2 Å². The van der Waals surface area contributed by atoms with Crippen LogP contribution in [0, 0.1) is 0 Å². The van der Waals surface area contributed by atoms with E-state index in [9.17, 15) is 44.0 Å². The molecule has 0 fully saturated rings. The van der Waals surface area contributed by atoms with E-state index < -0.39 is 62.2 Å². The number of hydrogen-bond donors (Lipinski definition) is 2. The molecular weight excluding hydrogens is 559 g/mol. The Hall–Kier alpha value is -0.150. The molecule has 3 aromatic rings. The Morgan fingerprint density at radius 3 is 1.74 bits per heavy atom. The molecule has 0 aliphatic rings. The molecule has 0 aromatic heterocycles. The van der Waals surface area contributed by atoms with Gasteiger partial charge in [0.2, 0.25) is 0 Å². The van der Waals surface area contributed by atoms with Gasteiger partial charge >= 0.3 is 88.7 Å². The first-order valence-corrected chi connectivity index (χ1v) is 12.3. The smallest absolute Gasteiger partial charge is 0.872 e. The summed E-state index contributed by atoms with van der Waals surface area (Å²) in [5.41, 5.74) is 4.54. The molecule has 3 aromatic carbocycles. The number of rotatable bonds is 5. The van der Waals surface area contributed by atoms with Gasteiger partial charge in [0.1, 0.15) is 30.8 Å². The van der Waals surface area contributed by atoms with Crippen LogP contribution in [0.2, 0.25) is 0 Å². The number of hydrogen-bond acceptors (Lipinski definition) is 12. The van der Waals surface area contributed by atoms with E-state index in [-0.39, 0.29) is 105 Å². The number of nitrogens with zero attached hydrogens (tertiary/aromatic N) is 2. The zero-order chi connectivity index (χ0) is 24.1. The van der Waals surface area contributed by atoms with E-state index in [1.54, 1.807) is 0 Å². The van der Waals surface area contributed by atoms with Crippen molar-refractivity contribution < 1.29 is 133 Å². The molecule has 3 N–H and O–H groups in total. The monoisotopic (exact) mass is 569 g/mol. The van der Waals surface area contributed by atoms with Gasteiger partial charge in [-0.3, -0.25) is 4.55 Å². The van der Waals surface area contributed by atoms with Crippen molar-refractivity contribution in [3.05, 3.63) is 42.5 Å². The fraction of sp³-hybridized carbons (Fsp3) is 0. The predicted molar refractivity (Wildman–Crippen MR) is 104 cm³/mol. The largest absolute Gasteiger partial charge is 1.00 e. The van der Waals surface area contributed by atoms with Crippen molar-refractivity contribution in [3.8, 4) is 5.75 Å². The fourth-order valence-corrected chi connectivity index (χ4v) is 4.37. The second-order valence-corrected chi connectivity index (χ2v) is 10.4. The summed E-state index contributed by atoms with van der Waals surface area (Å²) in [6.07, 6.45) is 0. The third kappa shape index (κ3) is 8.17. The Kier molecular flexibility index (Phi) is 12.5. The molecule has 0 saturated heterocycles. The van der Waals surface area contributed by atoms with Crippen molar-refractivity contribution in [1.82, 2.24) is 0 Å². The fourth-order valence-electron chi connectivity index (χ4n) is 2.70. The molecule has 170 valence electrons. The van der Waals surface area contributed by atoms with Crippen LogP contribution in [0.4, 0.5) is 17.1 Å². The average Bonchev–Trinajstić information content (AvgIpc) is 2.64. The summed E-state index contributed by atoms with van der Waals surface area (Å²) in [6, 6.07) is 5.89. The molecule has 0 heterocycles. The predicted octanol–water partition coefficient (Wildman–Crippen LogP) is -8.02. The molecule has 35 heavy (non-hydrogen) atoms. The van der Waals surface area contributed by atoms with Crippen LogP contribution in [0.25, 0.3) is 10.8 Å². The van der Waals surface area contributed by atoms with Crippen molar-refractivity contribution in [2.24, 2.45) is 10.2 Å². The summed E-state index contributed by atoms with van der Waals surface area (Å²) >= 11 is 0. The van der Waals surface area contributed by atoms with E-state index in [4.69, 9.17) is 5.73 Å². The summed E-state index contributed by atoms with van der Waals surface area (Å²) in [5, 5.41) is 18.9. The number of anilines is 1. The summed E-state index contributed by atoms with van der Waals surface area (Å²) < 4.78 is 99.7. The van der Waals surface area contributed by atoms with Crippen molar-refractivity contribution in [2.75, 3.05) is 5.73 Å². The average molecular weight is 569 g/mol. The summed E-state index contributed by atoms with van der Waals surface area (Å²) in [4.78, 5) is -2.43. The number of benzene rings is 3. The van der Waals surface area contributed by atoms with E-state index in [0.717, 1.165) is 24.3 Å². The molecule has 0 atom stereocenters. The Morgan fingerprint density at radius 2 is 1.29 bits per heavy atom. The molecule has 0 saturated carbocycles. The summed E-state index contributed by atoms with van der Waals surface area (Å²) in [7, 11) is -14.8. The minimum Gasteiger partial charge on any atom is -0.872 e. The summed E-state index contributed by atoms with van der Waals surface area (Å²) in [5.74, 6) is -1.03. The van der Waals surface area contributed by atoms with Crippen LogP contribution < -0.4 is 99.5 Å². The number of fused-ring (bicyclic) bond motifs is 1. The molecule has 0 radical (unpaired) electrons. The minimum atomic E-state index is -5.06. The van der Waals surface area contributed by atoms with Crippen molar-refractivity contribution in [1.29, 1.82) is 0 Å². The molecule has 3 rings (SSSR count). The van der Waals surface area contributed by atoms with Crippen LogP contribution in [-0.2, 0) is 30.4 Å². The van der Waals surface area contributed by atoms with Crippen LogP contribution in [-0.4, -0.2) is 38.9 Å². The van der Waals surface area contributed by atoms with Gasteiger partial charge in [0, 0.05) is 0 Å². The first-order valence-electron chi connectivity index (χ1n) is 8.07. The quantitative estimate of drug-likeness (QED) is 0.126. The third-order valence-electron chi connectivity index (χ3n) is 4.11. The third-order valence-corrected chi connectivity index (χ3v) is 6.64. The number of nitrogen functional groups attached to an aromatic ring is 1. The first-order chi connectivity index (χ1) is 14.6. The van der Waals surface area contributed by atoms with Crippen LogP contribution in [0.1, 0.15) is 0 Å². The van der Waals surface area contributed by atoms with Gasteiger partial charge < -0.3 is 19.9 Å². The minimum absolute atomic E-state index is 0. The molecule has 13 nitrogen and oxygen atoms in total. The Morgan fingerprint density at radius 1 is 0.771 bits per heavy atom. The van der Waals surface area contributed by atoms with Gasteiger partial charge in [0.25, 0.3) is 10.1 Å². The van der Waals surface area contributed by atoms with E-state index in [1.165, 1.54) is 0 Å². The standard InChI is InChI=1S/C16H13N3O10S3.3Na/c17-15-14-8(5-11(7-12(14)20)31(24,25)26)6-13(32(27,28)29)16(15)19-18-9-1-3-10(4-2-9)30(21,22)23;;;/h1-7,20H,17H2,(H,21,22,23)(H,24,25,26)(H,27,28,29);;;/q;3*+1/p-3. The van der Waals surface area contributed by atoms with Gasteiger partial charge in [0.15, 0.2) is 0 Å². The molecule has 0 aliphatic heterocycles. The van der Waals surface area contributed by atoms with Crippen LogP contribution in [0.5, 0.6) is 5.75 Å². The van der Waals surface area contributed by atoms with Crippen molar-refractivity contribution >= 4 is 58.2 Å². The van der Waals surface area contributed by atoms with Gasteiger partial charge in [0.05, 0.1) is 21.2 Å². The van der Waals surface area contributed by atoms with Crippen molar-refractivity contribution in [2.45, 2.75) is 14.7 Å². The maximum absolute atomic E-state index is 12.3. The van der Waals surface area contributed by atoms with E-state index >= 15 is 0 Å². The van der Waals surface area contributed by atoms with Crippen LogP contribution in [0.15, 0.2) is 67.4 Å². The van der Waals surface area contributed by atoms with Gasteiger partial charge in [-0.05, 0) is 47.2 Å². The number of azo groups is 1. The van der Waals surface area contributed by atoms with E-state index in [1.807, 2.05) is 0 Å². The van der Waals surface area contributed by atoms with Crippen molar-refractivity contribution in [3.63, 3.8) is 0 Å². The second kappa shape index (κ2) is 12.6. The summed E-state index contributed by atoms with van der Waals surface area (Å²) in [6.45, 7) is 0. The van der Waals surface area contributed by atoms with Gasteiger partial charge in [-0.15, -0.1) is 5.11 Å². The maximum Gasteiger partial charge on any atom is 1.00 e. The normalized spacial score (nSPS) is 12.0. The zero-order valence-electron chi connectivity index (χ0n) is 18.4. The molecule has 0 aliphatic carbocycles. The zero-order valence-corrected chi connectivity index (χ0v) is 26.8. The second-order valence-electron chi connectivity index (χ2n) is 6.23. The van der Waals surface area contributed by atoms with Gasteiger partial charge in [-0.2, -0.15) is 13.5 Å². The van der Waals surface area contributed by atoms with Gasteiger partial charge in [-0.25, -0.2) is 16.8 Å². The van der Waals surface area contributed by atoms with Crippen LogP contribution >= 0.6 is 0 Å². The Balaban J connectivity index is 0.00000385. The topological polar surface area (TPSA) is 243 Å². The van der Waals surface area contributed by atoms with E-state index in [0.29, 0.717) is 18.2 Å². The molecule has 0 amide bonds. The molecule has 0 spiro atoms. The number of nitrogens with two attached hydrogens (primary N) is 1. The van der Waals surface area contributed by atoms with Crippen LogP contribution in [0.3, 0.4) is 0 Å². The molecule has 0 bridgehead atoms.